The van der Waals surface area contributed by atoms with Gasteiger partial charge in [-0.3, -0.25) is 9.00 Å². The van der Waals surface area contributed by atoms with Crippen LogP contribution in [0, 0.1) is 6.92 Å². The van der Waals surface area contributed by atoms with Gasteiger partial charge < -0.3 is 14.9 Å². The maximum absolute atomic E-state index is 13.3. The second kappa shape index (κ2) is 8.22. The van der Waals surface area contributed by atoms with Crippen LogP contribution in [-0.2, 0) is 23.0 Å². The van der Waals surface area contributed by atoms with E-state index in [-0.39, 0.29) is 22.6 Å². The summed E-state index contributed by atoms with van der Waals surface area (Å²) < 4.78 is 61.3. The standard InChI is InChI=1S/C20H17F3N2O3S/c1-12-16(19(26)25-14-8-6-13(7-9-14)11-29(27)28)10-24-18(12)15-4-2-3-5-17(15)20(21,22)23/h2-10,24H,11H2,1H3,(H,25,26)(H,27,28)/p-1. The van der Waals surface area contributed by atoms with E-state index in [0.29, 0.717) is 16.8 Å². The second-order valence-corrected chi connectivity index (χ2v) is 7.24. The number of carbonyl (C=O) groups excluding carboxylic acids is 1. The van der Waals surface area contributed by atoms with Crippen LogP contribution in [0.4, 0.5) is 18.9 Å². The van der Waals surface area contributed by atoms with Gasteiger partial charge in [-0.05, 0) is 36.2 Å². The summed E-state index contributed by atoms with van der Waals surface area (Å²) in [6.07, 6.45) is -3.16. The Balaban J connectivity index is 1.85. The molecule has 1 heterocycles. The molecular weight excluding hydrogens is 405 g/mol. The molecule has 152 valence electrons. The highest BCUT2D eigenvalue weighted by atomic mass is 32.2. The van der Waals surface area contributed by atoms with Gasteiger partial charge in [-0.2, -0.15) is 13.2 Å². The third-order valence-corrected chi connectivity index (χ3v) is 4.95. The summed E-state index contributed by atoms with van der Waals surface area (Å²) in [7, 11) is 0. The van der Waals surface area contributed by atoms with Crippen LogP contribution in [0.1, 0.15) is 27.0 Å². The molecule has 5 nitrogen and oxygen atoms in total. The zero-order chi connectivity index (χ0) is 21.2. The molecule has 0 radical (unpaired) electrons. The van der Waals surface area contributed by atoms with Crippen molar-refractivity contribution in [3.05, 3.63) is 77.0 Å². The number of carbonyl (C=O) groups is 1. The number of halogens is 3. The number of H-pyrrole nitrogens is 1. The molecule has 0 fully saturated rings. The number of aromatic amines is 1. The molecule has 0 aliphatic carbocycles. The number of nitrogens with one attached hydrogen (secondary N) is 2. The summed E-state index contributed by atoms with van der Waals surface area (Å²) in [5.74, 6) is -0.623. The lowest BCUT2D eigenvalue weighted by Gasteiger charge is -2.12. The Bertz CT molecular complexity index is 1060. The lowest BCUT2D eigenvalue weighted by atomic mass is 10.00. The van der Waals surface area contributed by atoms with Gasteiger partial charge in [-0.15, -0.1) is 0 Å². The topological polar surface area (TPSA) is 85.0 Å². The maximum Gasteiger partial charge on any atom is 0.417 e. The monoisotopic (exact) mass is 421 g/mol. The second-order valence-electron chi connectivity index (χ2n) is 6.34. The third-order valence-electron chi connectivity index (χ3n) is 4.38. The van der Waals surface area contributed by atoms with Crippen molar-refractivity contribution in [1.82, 2.24) is 4.98 Å². The van der Waals surface area contributed by atoms with Gasteiger partial charge in [0.1, 0.15) is 0 Å². The average molecular weight is 421 g/mol. The summed E-state index contributed by atoms with van der Waals surface area (Å²) in [5.41, 5.74) is 0.999. The van der Waals surface area contributed by atoms with Crippen LogP contribution in [-0.4, -0.2) is 19.7 Å². The van der Waals surface area contributed by atoms with Crippen LogP contribution < -0.4 is 5.32 Å². The van der Waals surface area contributed by atoms with Gasteiger partial charge in [-0.25, -0.2) is 0 Å². The van der Waals surface area contributed by atoms with Crippen LogP contribution in [0.25, 0.3) is 11.3 Å². The normalized spacial score (nSPS) is 12.6. The Morgan fingerprint density at radius 1 is 1.14 bits per heavy atom. The van der Waals surface area contributed by atoms with Crippen molar-refractivity contribution in [2.24, 2.45) is 0 Å². The van der Waals surface area contributed by atoms with E-state index in [4.69, 9.17) is 0 Å². The van der Waals surface area contributed by atoms with E-state index in [0.717, 1.165) is 6.07 Å². The number of aromatic nitrogens is 1. The van der Waals surface area contributed by atoms with E-state index >= 15 is 0 Å². The zero-order valence-corrected chi connectivity index (χ0v) is 16.0. The molecule has 9 heteroatoms. The zero-order valence-electron chi connectivity index (χ0n) is 15.2. The van der Waals surface area contributed by atoms with E-state index in [2.05, 4.69) is 10.3 Å². The van der Waals surface area contributed by atoms with Crippen molar-refractivity contribution >= 4 is 22.7 Å². The molecule has 0 aliphatic heterocycles. The highest BCUT2D eigenvalue weighted by molar-refractivity contribution is 7.78. The molecule has 2 N–H and O–H groups in total. The summed E-state index contributed by atoms with van der Waals surface area (Å²) >= 11 is -2.21. The fraction of sp³-hybridized carbons (Fsp3) is 0.150. The first-order valence-electron chi connectivity index (χ1n) is 8.47. The molecule has 0 saturated carbocycles. The molecule has 0 bridgehead atoms. The van der Waals surface area contributed by atoms with Crippen LogP contribution in [0.3, 0.4) is 0 Å². The molecular formula is C20H16F3N2O3S-. The molecule has 1 amide bonds. The quantitative estimate of drug-likeness (QED) is 0.589. The van der Waals surface area contributed by atoms with Crippen LogP contribution in [0.5, 0.6) is 0 Å². The van der Waals surface area contributed by atoms with Crippen molar-refractivity contribution < 1.29 is 26.7 Å². The maximum atomic E-state index is 13.3. The molecule has 0 saturated heterocycles. The Morgan fingerprint density at radius 3 is 2.41 bits per heavy atom. The first kappa shape index (κ1) is 20.8. The van der Waals surface area contributed by atoms with Crippen LogP contribution >= 0.6 is 0 Å². The molecule has 3 aromatic rings. The van der Waals surface area contributed by atoms with Crippen molar-refractivity contribution in [3.8, 4) is 11.3 Å². The minimum Gasteiger partial charge on any atom is -0.772 e. The molecule has 3 rings (SSSR count). The highest BCUT2D eigenvalue weighted by Crippen LogP contribution is 2.38. The average Bonchev–Trinajstić information content (AvgIpc) is 3.03. The summed E-state index contributed by atoms with van der Waals surface area (Å²) in [6.45, 7) is 1.57. The van der Waals surface area contributed by atoms with Gasteiger partial charge in [0, 0.05) is 28.9 Å². The lowest BCUT2D eigenvalue weighted by molar-refractivity contribution is -0.137. The Labute approximate surface area is 167 Å². The van der Waals surface area contributed by atoms with Crippen molar-refractivity contribution in [2.75, 3.05) is 5.32 Å². The molecule has 29 heavy (non-hydrogen) atoms. The number of anilines is 1. The van der Waals surface area contributed by atoms with E-state index in [9.17, 15) is 26.7 Å². The molecule has 1 atom stereocenters. The Hall–Kier alpha value is -2.91. The molecule has 1 unspecified atom stereocenters. The lowest BCUT2D eigenvalue weighted by Crippen LogP contribution is -2.12. The van der Waals surface area contributed by atoms with Crippen LogP contribution in [0.15, 0.2) is 54.7 Å². The van der Waals surface area contributed by atoms with Gasteiger partial charge in [0.25, 0.3) is 5.91 Å². The van der Waals surface area contributed by atoms with E-state index < -0.39 is 28.7 Å². The molecule has 0 spiro atoms. The van der Waals surface area contributed by atoms with Gasteiger partial charge >= 0.3 is 6.18 Å². The first-order valence-corrected chi connectivity index (χ1v) is 9.72. The van der Waals surface area contributed by atoms with E-state index in [1.54, 1.807) is 31.2 Å². The van der Waals surface area contributed by atoms with Gasteiger partial charge in [0.05, 0.1) is 11.1 Å². The van der Waals surface area contributed by atoms with Gasteiger partial charge in [0.15, 0.2) is 0 Å². The molecule has 1 aromatic heterocycles. The number of hydrogen-bond acceptors (Lipinski definition) is 3. The van der Waals surface area contributed by atoms with Gasteiger partial charge in [-0.1, -0.05) is 41.4 Å². The van der Waals surface area contributed by atoms with E-state index in [1.807, 2.05) is 0 Å². The predicted molar refractivity (Wildman–Crippen MR) is 103 cm³/mol. The molecule has 0 aliphatic rings. The van der Waals surface area contributed by atoms with Crippen molar-refractivity contribution in [1.29, 1.82) is 0 Å². The number of rotatable bonds is 5. The smallest absolute Gasteiger partial charge is 0.417 e. The predicted octanol–water partition coefficient (Wildman–Crippen LogP) is 4.64. The number of amides is 1. The summed E-state index contributed by atoms with van der Waals surface area (Å²) in [6, 6.07) is 11.4. The van der Waals surface area contributed by atoms with E-state index in [1.165, 1.54) is 24.4 Å². The fourth-order valence-corrected chi connectivity index (χ4v) is 3.44. The summed E-state index contributed by atoms with van der Waals surface area (Å²) in [4.78, 5) is 15.3. The minimum atomic E-state index is -4.52. The van der Waals surface area contributed by atoms with Gasteiger partial charge in [0.2, 0.25) is 0 Å². The minimum absolute atomic E-state index is 0.0356. The number of hydrogen-bond donors (Lipinski definition) is 2. The number of alkyl halides is 3. The summed E-state index contributed by atoms with van der Waals surface area (Å²) in [5, 5.41) is 2.65. The Kier molecular flexibility index (Phi) is 5.90. The first-order chi connectivity index (χ1) is 13.7. The largest absolute Gasteiger partial charge is 0.772 e. The third kappa shape index (κ3) is 4.75. The highest BCUT2D eigenvalue weighted by Gasteiger charge is 2.34. The Morgan fingerprint density at radius 2 is 1.79 bits per heavy atom. The van der Waals surface area contributed by atoms with Crippen molar-refractivity contribution in [2.45, 2.75) is 18.9 Å². The van der Waals surface area contributed by atoms with Crippen molar-refractivity contribution in [3.63, 3.8) is 0 Å². The van der Waals surface area contributed by atoms with Crippen LogP contribution in [0.2, 0.25) is 0 Å². The molecule has 2 aromatic carbocycles. The SMILES string of the molecule is Cc1c(C(=O)Nc2ccc(CS(=O)[O-])cc2)c[nH]c1-c1ccccc1C(F)(F)F. The fourth-order valence-electron chi connectivity index (χ4n) is 2.98. The number of benzene rings is 2.